The number of carbonyl (C=O) groups excluding carboxylic acids is 1. The summed E-state index contributed by atoms with van der Waals surface area (Å²) in [5.41, 5.74) is 5.60. The van der Waals surface area contributed by atoms with Gasteiger partial charge in [0.15, 0.2) is 5.78 Å². The molecule has 0 saturated carbocycles. The Labute approximate surface area is 210 Å². The van der Waals surface area contributed by atoms with Crippen LogP contribution in [0.3, 0.4) is 0 Å². The highest BCUT2D eigenvalue weighted by Crippen LogP contribution is 2.33. The third-order valence-electron chi connectivity index (χ3n) is 5.82. The minimum atomic E-state index is -0.297. The number of rotatable bonds is 12. The molecule has 0 fully saturated rings. The summed E-state index contributed by atoms with van der Waals surface area (Å²) in [4.78, 5) is 12.8. The minimum Gasteiger partial charge on any atom is -0.508 e. The summed E-state index contributed by atoms with van der Waals surface area (Å²) >= 11 is 0. The predicted octanol–water partition coefficient (Wildman–Crippen LogP) is 7.96. The number of aromatic hydroxyl groups is 2. The molecule has 0 amide bonds. The normalized spacial score (nSPS) is 12.1. The van der Waals surface area contributed by atoms with E-state index in [0.717, 1.165) is 31.2 Å². The maximum atomic E-state index is 12.8. The molecule has 2 aromatic carbocycles. The second-order valence-electron chi connectivity index (χ2n) is 9.10. The van der Waals surface area contributed by atoms with E-state index in [9.17, 15) is 15.0 Å². The number of phenols is 2. The number of methoxy groups -OCH3 is 1. The monoisotopic (exact) mass is 474 g/mol. The third kappa shape index (κ3) is 9.32. The lowest BCUT2D eigenvalue weighted by Crippen LogP contribution is -2.00. The van der Waals surface area contributed by atoms with E-state index in [0.29, 0.717) is 17.7 Å². The molecule has 0 saturated heterocycles. The van der Waals surface area contributed by atoms with Crippen LogP contribution in [0.4, 0.5) is 0 Å². The Kier molecular flexibility index (Phi) is 11.1. The van der Waals surface area contributed by atoms with Crippen LogP contribution in [-0.4, -0.2) is 23.1 Å². The summed E-state index contributed by atoms with van der Waals surface area (Å²) in [7, 11) is 1.56. The van der Waals surface area contributed by atoms with Gasteiger partial charge in [-0.15, -0.1) is 0 Å². The molecule has 0 radical (unpaired) electrons. The SMILES string of the molecule is COc1ccc(C(=O)/C=C/c2ccc(O)cc2)c(O)c1C/C=C(\C)CC/C=C(\C)CCC=C(C)C. The standard InChI is InChI=1S/C31H38O4/c1-22(2)8-6-9-23(3)10-7-11-24(4)12-18-28-30(35-5)21-19-27(31(28)34)29(33)20-15-25-13-16-26(32)17-14-25/h8,10,12-17,19-21,32,34H,6-7,9,11,18H2,1-5H3/b20-15+,23-10+,24-12+. The highest BCUT2D eigenvalue weighted by atomic mass is 16.5. The lowest BCUT2D eigenvalue weighted by atomic mass is 9.99. The first-order valence-electron chi connectivity index (χ1n) is 12.1. The van der Waals surface area contributed by atoms with Crippen molar-refractivity contribution >= 4 is 11.9 Å². The zero-order valence-corrected chi connectivity index (χ0v) is 21.6. The summed E-state index contributed by atoms with van der Waals surface area (Å²) in [5.74, 6) is 0.373. The smallest absolute Gasteiger partial charge is 0.189 e. The number of hydrogen-bond donors (Lipinski definition) is 2. The number of ether oxygens (including phenoxy) is 1. The average Bonchev–Trinajstić information content (AvgIpc) is 2.82. The van der Waals surface area contributed by atoms with Gasteiger partial charge in [-0.3, -0.25) is 4.79 Å². The van der Waals surface area contributed by atoms with Crippen LogP contribution in [0, 0.1) is 0 Å². The van der Waals surface area contributed by atoms with E-state index in [2.05, 4.69) is 45.9 Å². The van der Waals surface area contributed by atoms with Gasteiger partial charge in [0.25, 0.3) is 0 Å². The van der Waals surface area contributed by atoms with Crippen molar-refractivity contribution in [1.82, 2.24) is 0 Å². The molecule has 0 spiro atoms. The van der Waals surface area contributed by atoms with Gasteiger partial charge in [-0.2, -0.15) is 0 Å². The molecule has 0 aliphatic heterocycles. The van der Waals surface area contributed by atoms with Crippen molar-refractivity contribution < 1.29 is 19.7 Å². The zero-order valence-electron chi connectivity index (χ0n) is 21.6. The second-order valence-corrected chi connectivity index (χ2v) is 9.10. The van der Waals surface area contributed by atoms with E-state index < -0.39 is 0 Å². The van der Waals surface area contributed by atoms with Gasteiger partial charge in [-0.1, -0.05) is 53.2 Å². The van der Waals surface area contributed by atoms with Crippen molar-refractivity contribution in [3.63, 3.8) is 0 Å². The van der Waals surface area contributed by atoms with Crippen molar-refractivity contribution in [2.45, 2.75) is 59.8 Å². The molecule has 0 aliphatic rings. The molecular formula is C31H38O4. The second kappa shape index (κ2) is 14.0. The number of benzene rings is 2. The Morgan fingerprint density at radius 2 is 1.49 bits per heavy atom. The van der Waals surface area contributed by atoms with Crippen LogP contribution < -0.4 is 4.74 Å². The molecule has 0 unspecified atom stereocenters. The van der Waals surface area contributed by atoms with Gasteiger partial charge in [-0.25, -0.2) is 0 Å². The van der Waals surface area contributed by atoms with Crippen molar-refractivity contribution in [2.24, 2.45) is 0 Å². The first kappa shape index (κ1) is 27.7. The van der Waals surface area contributed by atoms with Gasteiger partial charge in [0, 0.05) is 5.56 Å². The van der Waals surface area contributed by atoms with Crippen molar-refractivity contribution in [2.75, 3.05) is 7.11 Å². The molecule has 4 heteroatoms. The summed E-state index contributed by atoms with van der Waals surface area (Å²) in [6, 6.07) is 9.85. The minimum absolute atomic E-state index is 0.0521. The van der Waals surface area contributed by atoms with Crippen LogP contribution in [0.5, 0.6) is 17.2 Å². The fourth-order valence-electron chi connectivity index (χ4n) is 3.67. The molecule has 0 atom stereocenters. The Bertz CT molecular complexity index is 1110. The zero-order chi connectivity index (χ0) is 25.8. The van der Waals surface area contributed by atoms with Crippen LogP contribution in [0.25, 0.3) is 6.08 Å². The maximum Gasteiger partial charge on any atom is 0.189 e. The van der Waals surface area contributed by atoms with Gasteiger partial charge >= 0.3 is 0 Å². The highest BCUT2D eigenvalue weighted by Gasteiger charge is 2.16. The maximum absolute atomic E-state index is 12.8. The topological polar surface area (TPSA) is 66.8 Å². The third-order valence-corrected chi connectivity index (χ3v) is 5.82. The number of hydrogen-bond acceptors (Lipinski definition) is 4. The predicted molar refractivity (Wildman–Crippen MR) is 145 cm³/mol. The van der Waals surface area contributed by atoms with Crippen LogP contribution in [0.15, 0.2) is 77.4 Å². The van der Waals surface area contributed by atoms with E-state index in [1.165, 1.54) is 22.8 Å². The lowest BCUT2D eigenvalue weighted by Gasteiger charge is -2.12. The molecule has 2 N–H and O–H groups in total. The summed E-state index contributed by atoms with van der Waals surface area (Å²) in [5, 5.41) is 20.3. The largest absolute Gasteiger partial charge is 0.508 e. The summed E-state index contributed by atoms with van der Waals surface area (Å²) in [6.07, 6.45) is 14.3. The Morgan fingerprint density at radius 3 is 2.11 bits per heavy atom. The first-order chi connectivity index (χ1) is 16.7. The van der Waals surface area contributed by atoms with Gasteiger partial charge in [0.05, 0.1) is 12.7 Å². The van der Waals surface area contributed by atoms with Crippen molar-refractivity contribution in [3.05, 3.63) is 94.1 Å². The molecule has 35 heavy (non-hydrogen) atoms. The Hall–Kier alpha value is -3.53. The molecule has 2 rings (SSSR count). The van der Waals surface area contributed by atoms with E-state index >= 15 is 0 Å². The Balaban J connectivity index is 2.07. The lowest BCUT2D eigenvalue weighted by molar-refractivity contribution is 0.104. The number of phenolic OH excluding ortho intramolecular Hbond substituents is 2. The fraction of sp³-hybridized carbons (Fsp3) is 0.323. The van der Waals surface area contributed by atoms with E-state index in [1.54, 1.807) is 49.6 Å². The molecule has 186 valence electrons. The number of allylic oxidation sites excluding steroid dienone is 7. The van der Waals surface area contributed by atoms with Crippen LogP contribution in [-0.2, 0) is 6.42 Å². The molecule has 0 aliphatic carbocycles. The first-order valence-corrected chi connectivity index (χ1v) is 12.1. The van der Waals surface area contributed by atoms with Crippen LogP contribution in [0.2, 0.25) is 0 Å². The molecular weight excluding hydrogens is 436 g/mol. The average molecular weight is 475 g/mol. The molecule has 0 aromatic heterocycles. The van der Waals surface area contributed by atoms with Crippen LogP contribution in [0.1, 0.15) is 74.9 Å². The fourth-order valence-corrected chi connectivity index (χ4v) is 3.67. The van der Waals surface area contributed by atoms with E-state index in [4.69, 9.17) is 4.74 Å². The van der Waals surface area contributed by atoms with Gasteiger partial charge in [0.1, 0.15) is 17.2 Å². The van der Waals surface area contributed by atoms with E-state index in [-0.39, 0.29) is 22.8 Å². The summed E-state index contributed by atoms with van der Waals surface area (Å²) in [6.45, 7) is 8.52. The van der Waals surface area contributed by atoms with Gasteiger partial charge in [0.2, 0.25) is 0 Å². The van der Waals surface area contributed by atoms with E-state index in [1.807, 2.05) is 0 Å². The van der Waals surface area contributed by atoms with Crippen molar-refractivity contribution in [1.29, 1.82) is 0 Å². The molecule has 4 nitrogen and oxygen atoms in total. The van der Waals surface area contributed by atoms with Crippen LogP contribution >= 0.6 is 0 Å². The Morgan fingerprint density at radius 1 is 0.857 bits per heavy atom. The molecule has 0 bridgehead atoms. The van der Waals surface area contributed by atoms with Gasteiger partial charge in [-0.05, 0) is 95.7 Å². The molecule has 0 heterocycles. The van der Waals surface area contributed by atoms with Crippen molar-refractivity contribution in [3.8, 4) is 17.2 Å². The number of ketones is 1. The quantitative estimate of drug-likeness (QED) is 0.186. The number of carbonyl (C=O) groups is 1. The van der Waals surface area contributed by atoms with Gasteiger partial charge < -0.3 is 14.9 Å². The summed E-state index contributed by atoms with van der Waals surface area (Å²) < 4.78 is 5.44. The highest BCUT2D eigenvalue weighted by molar-refractivity contribution is 6.09. The molecule has 2 aromatic rings.